The van der Waals surface area contributed by atoms with Gasteiger partial charge in [-0.25, -0.2) is 4.98 Å². The summed E-state index contributed by atoms with van der Waals surface area (Å²) in [6.45, 7) is 4.43. The number of nitrogens with zero attached hydrogens (tertiary/aromatic N) is 1. The van der Waals surface area contributed by atoms with Crippen molar-refractivity contribution in [3.05, 3.63) is 34.6 Å². The van der Waals surface area contributed by atoms with E-state index < -0.39 is 0 Å². The molecule has 2 aromatic rings. The van der Waals surface area contributed by atoms with Crippen molar-refractivity contribution < 1.29 is 4.79 Å². The first-order valence-corrected chi connectivity index (χ1v) is 7.84. The summed E-state index contributed by atoms with van der Waals surface area (Å²) in [5.41, 5.74) is 0.360. The molecule has 2 N–H and O–H groups in total. The Kier molecular flexibility index (Phi) is 3.96. The highest BCUT2D eigenvalue weighted by atomic mass is 16.2. The smallest absolute Gasteiger partial charge is 0.260 e. The monoisotopic (exact) mass is 299 g/mol. The second-order valence-corrected chi connectivity index (χ2v) is 6.39. The quantitative estimate of drug-likeness (QED) is 0.895. The Hall–Kier alpha value is -2.17. The summed E-state index contributed by atoms with van der Waals surface area (Å²) in [7, 11) is 0. The Labute approximate surface area is 129 Å². The summed E-state index contributed by atoms with van der Waals surface area (Å²) < 4.78 is 0. The van der Waals surface area contributed by atoms with Crippen LogP contribution in [0.1, 0.15) is 33.1 Å². The van der Waals surface area contributed by atoms with Crippen LogP contribution >= 0.6 is 0 Å². The van der Waals surface area contributed by atoms with Crippen LogP contribution < -0.4 is 10.9 Å². The molecule has 5 nitrogen and oxygen atoms in total. The molecule has 116 valence electrons. The van der Waals surface area contributed by atoms with Gasteiger partial charge in [0.05, 0.1) is 10.9 Å². The Balaban J connectivity index is 1.78. The third-order valence-corrected chi connectivity index (χ3v) is 4.82. The normalized spacial score (nSPS) is 25.1. The number of carbonyl (C=O) groups excluding carboxylic acids is 1. The lowest BCUT2D eigenvalue weighted by Gasteiger charge is -2.31. The Morgan fingerprint density at radius 2 is 2.00 bits per heavy atom. The average Bonchev–Trinajstić information content (AvgIpc) is 2.50. The van der Waals surface area contributed by atoms with Crippen molar-refractivity contribution in [1.29, 1.82) is 0 Å². The Morgan fingerprint density at radius 1 is 1.23 bits per heavy atom. The molecule has 1 amide bonds. The van der Waals surface area contributed by atoms with Crippen molar-refractivity contribution in [1.82, 2.24) is 9.97 Å². The van der Waals surface area contributed by atoms with E-state index in [2.05, 4.69) is 29.1 Å². The van der Waals surface area contributed by atoms with Crippen molar-refractivity contribution in [3.8, 4) is 0 Å². The zero-order valence-electron chi connectivity index (χ0n) is 12.9. The Bertz CT molecular complexity index is 753. The third-order valence-electron chi connectivity index (χ3n) is 4.82. The van der Waals surface area contributed by atoms with E-state index in [1.54, 1.807) is 18.2 Å². The summed E-state index contributed by atoms with van der Waals surface area (Å²) in [6, 6.07) is 7.11. The van der Waals surface area contributed by atoms with Crippen LogP contribution in [0.15, 0.2) is 29.1 Å². The highest BCUT2D eigenvalue weighted by Crippen LogP contribution is 2.33. The number of para-hydroxylation sites is 1. The maximum atomic E-state index is 12.4. The molecule has 1 heterocycles. The van der Waals surface area contributed by atoms with Gasteiger partial charge < -0.3 is 0 Å². The van der Waals surface area contributed by atoms with Crippen molar-refractivity contribution in [3.63, 3.8) is 0 Å². The molecule has 3 rings (SSSR count). The number of nitrogens with one attached hydrogen (secondary N) is 2. The van der Waals surface area contributed by atoms with Crippen LogP contribution in [-0.4, -0.2) is 15.9 Å². The van der Waals surface area contributed by atoms with Crippen LogP contribution in [0.25, 0.3) is 10.9 Å². The van der Waals surface area contributed by atoms with Gasteiger partial charge in [0.2, 0.25) is 11.9 Å². The highest BCUT2D eigenvalue weighted by molar-refractivity contribution is 5.92. The third kappa shape index (κ3) is 2.89. The Morgan fingerprint density at radius 3 is 2.77 bits per heavy atom. The molecule has 22 heavy (non-hydrogen) atoms. The predicted octanol–water partition coefficient (Wildman–Crippen LogP) is 2.93. The summed E-state index contributed by atoms with van der Waals surface area (Å²) >= 11 is 0. The van der Waals surface area contributed by atoms with Crippen LogP contribution in [0.3, 0.4) is 0 Å². The molecule has 0 spiro atoms. The molecule has 0 aliphatic heterocycles. The SMILES string of the molecule is CC1CCC(C(=O)Nc2nc3ccccc3c(=O)[nH]2)CC1C. The van der Waals surface area contributed by atoms with E-state index in [1.807, 2.05) is 6.07 Å². The number of aromatic nitrogens is 2. The van der Waals surface area contributed by atoms with E-state index in [0.717, 1.165) is 19.3 Å². The molecule has 0 bridgehead atoms. The van der Waals surface area contributed by atoms with E-state index in [1.165, 1.54) is 0 Å². The van der Waals surface area contributed by atoms with Gasteiger partial charge in [0.25, 0.3) is 5.56 Å². The fourth-order valence-electron chi connectivity index (χ4n) is 3.15. The number of rotatable bonds is 2. The molecule has 1 aromatic carbocycles. The van der Waals surface area contributed by atoms with Crippen molar-refractivity contribution >= 4 is 22.8 Å². The number of hydrogen-bond acceptors (Lipinski definition) is 3. The molecule has 1 aromatic heterocycles. The van der Waals surface area contributed by atoms with Gasteiger partial charge >= 0.3 is 0 Å². The topological polar surface area (TPSA) is 74.8 Å². The standard InChI is InChI=1S/C17H21N3O2/c1-10-7-8-12(9-11(10)2)15(21)19-17-18-14-6-4-3-5-13(14)16(22)20-17/h3-6,10-12H,7-9H2,1-2H3,(H2,18,19,20,21,22). The first-order valence-electron chi connectivity index (χ1n) is 7.84. The van der Waals surface area contributed by atoms with E-state index in [4.69, 9.17) is 0 Å². The molecule has 1 aliphatic carbocycles. The van der Waals surface area contributed by atoms with Crippen LogP contribution in [0.4, 0.5) is 5.95 Å². The summed E-state index contributed by atoms with van der Waals surface area (Å²) in [6.07, 6.45) is 2.86. The molecule has 3 unspecified atom stereocenters. The molecule has 1 saturated carbocycles. The number of H-pyrrole nitrogens is 1. The van der Waals surface area contributed by atoms with Gasteiger partial charge in [0.15, 0.2) is 0 Å². The number of carbonyl (C=O) groups is 1. The number of benzene rings is 1. The van der Waals surface area contributed by atoms with Gasteiger partial charge in [-0.05, 0) is 43.2 Å². The zero-order valence-corrected chi connectivity index (χ0v) is 12.9. The van der Waals surface area contributed by atoms with E-state index >= 15 is 0 Å². The first kappa shape index (κ1) is 14.8. The van der Waals surface area contributed by atoms with Gasteiger partial charge in [-0.1, -0.05) is 26.0 Å². The molecule has 0 radical (unpaired) electrons. The lowest BCUT2D eigenvalue weighted by molar-refractivity contribution is -0.121. The number of aromatic amines is 1. The number of hydrogen-bond donors (Lipinski definition) is 2. The molecular formula is C17H21N3O2. The van der Waals surface area contributed by atoms with Crippen molar-refractivity contribution in [2.45, 2.75) is 33.1 Å². The van der Waals surface area contributed by atoms with E-state index in [0.29, 0.717) is 22.7 Å². The average molecular weight is 299 g/mol. The minimum Gasteiger partial charge on any atom is -0.296 e. The van der Waals surface area contributed by atoms with Crippen LogP contribution in [0.5, 0.6) is 0 Å². The highest BCUT2D eigenvalue weighted by Gasteiger charge is 2.29. The van der Waals surface area contributed by atoms with Gasteiger partial charge in [-0.2, -0.15) is 0 Å². The predicted molar refractivity (Wildman–Crippen MR) is 86.7 cm³/mol. The van der Waals surface area contributed by atoms with Gasteiger partial charge in [-0.15, -0.1) is 0 Å². The number of amides is 1. The first-order chi connectivity index (χ1) is 10.5. The molecule has 3 atom stereocenters. The zero-order chi connectivity index (χ0) is 15.7. The minimum absolute atomic E-state index is 0.00275. The fourth-order valence-corrected chi connectivity index (χ4v) is 3.15. The fraction of sp³-hybridized carbons (Fsp3) is 0.471. The lowest BCUT2D eigenvalue weighted by Crippen LogP contribution is -2.31. The van der Waals surface area contributed by atoms with Crippen LogP contribution in [0.2, 0.25) is 0 Å². The summed E-state index contributed by atoms with van der Waals surface area (Å²) in [5.74, 6) is 1.41. The van der Waals surface area contributed by atoms with E-state index in [9.17, 15) is 9.59 Å². The number of anilines is 1. The van der Waals surface area contributed by atoms with Gasteiger partial charge in [-0.3, -0.25) is 19.9 Å². The molecule has 5 heteroatoms. The second kappa shape index (κ2) is 5.91. The molecular weight excluding hydrogens is 278 g/mol. The maximum Gasteiger partial charge on any atom is 0.260 e. The van der Waals surface area contributed by atoms with Crippen molar-refractivity contribution in [2.75, 3.05) is 5.32 Å². The van der Waals surface area contributed by atoms with E-state index in [-0.39, 0.29) is 23.3 Å². The van der Waals surface area contributed by atoms with Crippen LogP contribution in [-0.2, 0) is 4.79 Å². The molecule has 1 fully saturated rings. The summed E-state index contributed by atoms with van der Waals surface area (Å²) in [4.78, 5) is 31.4. The molecule has 0 saturated heterocycles. The second-order valence-electron chi connectivity index (χ2n) is 6.39. The molecule has 1 aliphatic rings. The van der Waals surface area contributed by atoms with Gasteiger partial charge in [0, 0.05) is 5.92 Å². The number of fused-ring (bicyclic) bond motifs is 1. The van der Waals surface area contributed by atoms with Crippen molar-refractivity contribution in [2.24, 2.45) is 17.8 Å². The minimum atomic E-state index is -0.230. The summed E-state index contributed by atoms with van der Waals surface area (Å²) in [5, 5.41) is 3.30. The largest absolute Gasteiger partial charge is 0.296 e. The van der Waals surface area contributed by atoms with Gasteiger partial charge in [0.1, 0.15) is 0 Å². The lowest BCUT2D eigenvalue weighted by atomic mass is 9.75. The maximum absolute atomic E-state index is 12.4. The van der Waals surface area contributed by atoms with Crippen LogP contribution in [0, 0.1) is 17.8 Å².